The number of carbonyl (C=O) groups excluding carboxylic acids is 1. The number of hydrogen-bond acceptors (Lipinski definition) is 3. The van der Waals surface area contributed by atoms with E-state index in [1.807, 2.05) is 0 Å². The van der Waals surface area contributed by atoms with E-state index in [2.05, 4.69) is 15.9 Å². The Balaban J connectivity index is 3.17. The van der Waals surface area contributed by atoms with Crippen molar-refractivity contribution in [2.24, 2.45) is 0 Å². The second-order valence-corrected chi connectivity index (χ2v) is 4.54. The smallest absolute Gasteiger partial charge is 0.265 e. The van der Waals surface area contributed by atoms with E-state index >= 15 is 0 Å². The molecule has 1 heterocycles. The van der Waals surface area contributed by atoms with Gasteiger partial charge in [0, 0.05) is 20.3 Å². The monoisotopic (exact) mass is 287 g/mol. The molecule has 6 heteroatoms. The van der Waals surface area contributed by atoms with E-state index in [9.17, 15) is 9.59 Å². The third kappa shape index (κ3) is 2.44. The molecular weight excluding hydrogens is 274 g/mol. The zero-order chi connectivity index (χ0) is 12.5. The molecule has 0 fully saturated rings. The van der Waals surface area contributed by atoms with Gasteiger partial charge in [-0.2, -0.15) is 0 Å². The number of rotatable bonds is 2. The number of carbonyl (C=O) groups is 1. The van der Waals surface area contributed by atoms with E-state index in [0.29, 0.717) is 15.7 Å². The number of aromatic nitrogens is 1. The number of nitrogens with two attached hydrogens (primary N) is 1. The van der Waals surface area contributed by atoms with Crippen LogP contribution in [-0.2, 0) is 11.3 Å². The lowest BCUT2D eigenvalue weighted by Crippen LogP contribution is -2.32. The summed E-state index contributed by atoms with van der Waals surface area (Å²) in [5.74, 6) is -0.155. The summed E-state index contributed by atoms with van der Waals surface area (Å²) in [5, 5.41) is 0. The van der Waals surface area contributed by atoms with Gasteiger partial charge in [-0.05, 0) is 28.4 Å². The van der Waals surface area contributed by atoms with E-state index < -0.39 is 0 Å². The molecular formula is C10H14BrN3O2. The number of nitrogen functional groups attached to an aromatic ring is 1. The molecule has 0 atom stereocenters. The molecule has 0 saturated carbocycles. The fourth-order valence-electron chi connectivity index (χ4n) is 1.14. The maximum Gasteiger partial charge on any atom is 0.265 e. The summed E-state index contributed by atoms with van der Waals surface area (Å²) in [6.07, 6.45) is 1.49. The number of nitrogens with zero attached hydrogens (tertiary/aromatic N) is 2. The number of likely N-dealkylation sites (N-methyl/N-ethyl adjacent to an activating group) is 1. The van der Waals surface area contributed by atoms with Crippen LogP contribution in [-0.4, -0.2) is 29.5 Å². The number of hydrogen-bond donors (Lipinski definition) is 1. The fourth-order valence-corrected chi connectivity index (χ4v) is 1.60. The lowest BCUT2D eigenvalue weighted by atomic mass is 10.2. The van der Waals surface area contributed by atoms with E-state index in [1.165, 1.54) is 15.7 Å². The minimum atomic E-state index is -0.248. The van der Waals surface area contributed by atoms with Crippen LogP contribution >= 0.6 is 15.9 Å². The number of halogens is 1. The van der Waals surface area contributed by atoms with Crippen molar-refractivity contribution < 1.29 is 4.79 Å². The highest BCUT2D eigenvalue weighted by Crippen LogP contribution is 2.16. The Labute approximate surface area is 102 Å². The van der Waals surface area contributed by atoms with E-state index in [4.69, 9.17) is 5.73 Å². The first-order valence-electron chi connectivity index (χ1n) is 4.69. The molecule has 0 bridgehead atoms. The first-order chi connectivity index (χ1) is 7.34. The Kier molecular flexibility index (Phi) is 3.74. The number of pyridine rings is 1. The van der Waals surface area contributed by atoms with Gasteiger partial charge in [0.25, 0.3) is 5.56 Å². The van der Waals surface area contributed by atoms with Crippen LogP contribution in [0.2, 0.25) is 0 Å². The minimum Gasteiger partial charge on any atom is -0.397 e. The molecule has 0 spiro atoms. The highest BCUT2D eigenvalue weighted by molar-refractivity contribution is 9.10. The molecule has 16 heavy (non-hydrogen) atoms. The third-order valence-electron chi connectivity index (χ3n) is 2.31. The van der Waals surface area contributed by atoms with E-state index in [-0.39, 0.29) is 18.0 Å². The molecule has 0 aliphatic carbocycles. The normalized spacial score (nSPS) is 10.2. The molecule has 5 nitrogen and oxygen atoms in total. The molecule has 1 aromatic heterocycles. The van der Waals surface area contributed by atoms with Crippen molar-refractivity contribution in [2.45, 2.75) is 13.5 Å². The summed E-state index contributed by atoms with van der Waals surface area (Å²) >= 11 is 3.17. The third-order valence-corrected chi connectivity index (χ3v) is 3.24. The summed E-state index contributed by atoms with van der Waals surface area (Å²) < 4.78 is 1.70. The molecule has 0 aromatic carbocycles. The van der Waals surface area contributed by atoms with Gasteiger partial charge in [0.1, 0.15) is 6.54 Å². The predicted octanol–water partition coefficient (Wildman–Crippen LogP) is 0.590. The summed E-state index contributed by atoms with van der Waals surface area (Å²) in [6, 6.07) is 0. The van der Waals surface area contributed by atoms with Crippen molar-refractivity contribution in [3.8, 4) is 0 Å². The van der Waals surface area contributed by atoms with Gasteiger partial charge < -0.3 is 15.2 Å². The number of anilines is 1. The minimum absolute atomic E-state index is 0.00505. The van der Waals surface area contributed by atoms with E-state index in [1.54, 1.807) is 21.0 Å². The molecule has 1 rings (SSSR count). The molecule has 2 N–H and O–H groups in total. The summed E-state index contributed by atoms with van der Waals surface area (Å²) in [5.41, 5.74) is 6.66. The standard InChI is InChI=1S/C10H14BrN3O2/c1-6-7(12)4-14(10(16)9(6)11)5-8(15)13(2)3/h4H,5,12H2,1-3H3. The Morgan fingerprint density at radius 2 is 2.12 bits per heavy atom. The molecule has 0 saturated heterocycles. The Morgan fingerprint density at radius 1 is 1.56 bits per heavy atom. The maximum atomic E-state index is 11.8. The first-order valence-corrected chi connectivity index (χ1v) is 5.49. The van der Waals surface area contributed by atoms with E-state index in [0.717, 1.165) is 0 Å². The van der Waals surface area contributed by atoms with Crippen LogP contribution in [0.3, 0.4) is 0 Å². The van der Waals surface area contributed by atoms with Gasteiger partial charge in [-0.25, -0.2) is 0 Å². The van der Waals surface area contributed by atoms with Crippen LogP contribution in [0.1, 0.15) is 5.56 Å². The number of amides is 1. The summed E-state index contributed by atoms with van der Waals surface area (Å²) in [7, 11) is 3.28. The molecule has 1 aromatic rings. The molecule has 88 valence electrons. The van der Waals surface area contributed by atoms with Crippen molar-refractivity contribution in [3.05, 3.63) is 26.6 Å². The van der Waals surface area contributed by atoms with Crippen molar-refractivity contribution in [1.82, 2.24) is 9.47 Å². The van der Waals surface area contributed by atoms with Crippen LogP contribution in [0.25, 0.3) is 0 Å². The molecule has 0 unspecified atom stereocenters. The predicted molar refractivity (Wildman–Crippen MR) is 66.2 cm³/mol. The van der Waals surface area contributed by atoms with Crippen molar-refractivity contribution >= 4 is 27.5 Å². The molecule has 1 amide bonds. The fraction of sp³-hybridized carbons (Fsp3) is 0.400. The lowest BCUT2D eigenvalue weighted by Gasteiger charge is -2.13. The van der Waals surface area contributed by atoms with Gasteiger partial charge >= 0.3 is 0 Å². The highest BCUT2D eigenvalue weighted by atomic mass is 79.9. The van der Waals surface area contributed by atoms with Gasteiger partial charge in [0.2, 0.25) is 5.91 Å². The Bertz CT molecular complexity index is 480. The Morgan fingerprint density at radius 3 is 2.62 bits per heavy atom. The van der Waals surface area contributed by atoms with Crippen molar-refractivity contribution in [3.63, 3.8) is 0 Å². The van der Waals surface area contributed by atoms with Gasteiger partial charge in [0.05, 0.1) is 10.2 Å². The topological polar surface area (TPSA) is 68.3 Å². The second-order valence-electron chi connectivity index (χ2n) is 3.74. The maximum absolute atomic E-state index is 11.8. The summed E-state index contributed by atoms with van der Waals surface area (Å²) in [6.45, 7) is 1.74. The first kappa shape index (κ1) is 12.8. The highest BCUT2D eigenvalue weighted by Gasteiger charge is 2.11. The van der Waals surface area contributed by atoms with Crippen LogP contribution in [0.5, 0.6) is 0 Å². The Hall–Kier alpha value is -1.30. The molecule has 0 aliphatic rings. The van der Waals surface area contributed by atoms with Gasteiger partial charge in [0.15, 0.2) is 0 Å². The van der Waals surface area contributed by atoms with Crippen molar-refractivity contribution in [1.29, 1.82) is 0 Å². The van der Waals surface area contributed by atoms with Crippen LogP contribution < -0.4 is 11.3 Å². The zero-order valence-electron chi connectivity index (χ0n) is 9.45. The quantitative estimate of drug-likeness (QED) is 0.866. The molecule has 0 radical (unpaired) electrons. The second kappa shape index (κ2) is 4.69. The summed E-state index contributed by atoms with van der Waals surface area (Å²) in [4.78, 5) is 24.7. The van der Waals surface area contributed by atoms with Gasteiger partial charge in [-0.15, -0.1) is 0 Å². The van der Waals surface area contributed by atoms with Crippen molar-refractivity contribution in [2.75, 3.05) is 19.8 Å². The lowest BCUT2D eigenvalue weighted by molar-refractivity contribution is -0.129. The van der Waals surface area contributed by atoms with Crippen LogP contribution in [0.15, 0.2) is 15.5 Å². The van der Waals surface area contributed by atoms with Gasteiger partial charge in [-0.3, -0.25) is 9.59 Å². The average molecular weight is 288 g/mol. The van der Waals surface area contributed by atoms with Gasteiger partial charge in [-0.1, -0.05) is 0 Å². The SMILES string of the molecule is Cc1c(N)cn(CC(=O)N(C)C)c(=O)c1Br. The average Bonchev–Trinajstić information content (AvgIpc) is 2.22. The largest absolute Gasteiger partial charge is 0.397 e. The van der Waals surface area contributed by atoms with Crippen LogP contribution in [0, 0.1) is 6.92 Å². The zero-order valence-corrected chi connectivity index (χ0v) is 11.0. The van der Waals surface area contributed by atoms with Crippen LogP contribution in [0.4, 0.5) is 5.69 Å². The molecule has 0 aliphatic heterocycles.